The van der Waals surface area contributed by atoms with Crippen LogP contribution in [0.5, 0.6) is 0 Å². The van der Waals surface area contributed by atoms with Crippen LogP contribution in [0.4, 0.5) is 0 Å². The number of halogens is 1. The van der Waals surface area contributed by atoms with Crippen LogP contribution in [0.3, 0.4) is 0 Å². The fourth-order valence-corrected chi connectivity index (χ4v) is 3.83. The number of amides is 1. The van der Waals surface area contributed by atoms with Crippen LogP contribution in [0.1, 0.15) is 41.5 Å². The molecule has 128 valence electrons. The van der Waals surface area contributed by atoms with E-state index in [1.54, 1.807) is 0 Å². The molecule has 1 amide bonds. The number of hydrogen-bond donors (Lipinski definition) is 1. The van der Waals surface area contributed by atoms with Gasteiger partial charge < -0.3 is 9.88 Å². The zero-order chi connectivity index (χ0) is 17.4. The summed E-state index contributed by atoms with van der Waals surface area (Å²) in [5.41, 5.74) is 3.21. The summed E-state index contributed by atoms with van der Waals surface area (Å²) in [6.45, 7) is 2.84. The van der Waals surface area contributed by atoms with Crippen molar-refractivity contribution in [2.24, 2.45) is 0 Å². The van der Waals surface area contributed by atoms with Crippen molar-refractivity contribution in [1.82, 2.24) is 14.9 Å². The van der Waals surface area contributed by atoms with Crippen molar-refractivity contribution in [3.63, 3.8) is 0 Å². The first-order valence-corrected chi connectivity index (χ1v) is 9.07. The molecule has 0 saturated carbocycles. The first-order valence-electron chi connectivity index (χ1n) is 8.54. The Kier molecular flexibility index (Phi) is 4.00. The first kappa shape index (κ1) is 16.2. The molecule has 1 N–H and O–H groups in total. The molecule has 4 nitrogen and oxygen atoms in total. The average molecular weight is 354 g/mol. The molecule has 1 saturated heterocycles. The Labute approximate surface area is 151 Å². The summed E-state index contributed by atoms with van der Waals surface area (Å²) in [6, 6.07) is 15.5. The quantitative estimate of drug-likeness (QED) is 0.707. The Hall–Kier alpha value is -2.33. The Morgan fingerprint density at radius 3 is 2.84 bits per heavy atom. The monoisotopic (exact) mass is 353 g/mol. The summed E-state index contributed by atoms with van der Waals surface area (Å²) in [6.07, 6.45) is 1.87. The molecule has 2 heterocycles. The number of nitrogens with one attached hydrogen (secondary N) is 1. The maximum absolute atomic E-state index is 13.0. The standard InChI is InChI=1S/C20H20ClN3O/c1-20(19-22-16-9-8-14(13-21)12-17(16)23-19)10-5-11-24(20)18(25)15-6-3-2-4-7-15/h2-4,6-9,12H,5,10-11,13H2,1H3,(H,22,23). The van der Waals surface area contributed by atoms with E-state index >= 15 is 0 Å². The van der Waals surface area contributed by atoms with Crippen LogP contribution < -0.4 is 0 Å². The average Bonchev–Trinajstić information content (AvgIpc) is 3.25. The molecule has 5 heteroatoms. The van der Waals surface area contributed by atoms with Gasteiger partial charge in [-0.25, -0.2) is 4.98 Å². The van der Waals surface area contributed by atoms with Crippen LogP contribution >= 0.6 is 11.6 Å². The van der Waals surface area contributed by atoms with Gasteiger partial charge in [0.1, 0.15) is 5.82 Å². The second kappa shape index (κ2) is 6.19. The topological polar surface area (TPSA) is 49.0 Å². The molecule has 1 unspecified atom stereocenters. The predicted molar refractivity (Wildman–Crippen MR) is 99.7 cm³/mol. The van der Waals surface area contributed by atoms with E-state index in [9.17, 15) is 4.79 Å². The van der Waals surface area contributed by atoms with Gasteiger partial charge in [0.2, 0.25) is 0 Å². The molecule has 1 aliphatic rings. The summed E-state index contributed by atoms with van der Waals surface area (Å²) in [5, 5.41) is 0. The number of carbonyl (C=O) groups is 1. The minimum atomic E-state index is -0.424. The fraction of sp³-hybridized carbons (Fsp3) is 0.300. The Balaban J connectivity index is 1.73. The van der Waals surface area contributed by atoms with Crippen LogP contribution in [-0.2, 0) is 11.4 Å². The highest BCUT2D eigenvalue weighted by Crippen LogP contribution is 2.38. The van der Waals surface area contributed by atoms with Gasteiger partial charge in [-0.2, -0.15) is 0 Å². The summed E-state index contributed by atoms with van der Waals surface area (Å²) in [7, 11) is 0. The Morgan fingerprint density at radius 2 is 2.08 bits per heavy atom. The van der Waals surface area contributed by atoms with E-state index in [-0.39, 0.29) is 5.91 Å². The SMILES string of the molecule is CC1(c2nc3cc(CCl)ccc3[nH]2)CCCN1C(=O)c1ccccc1. The van der Waals surface area contributed by atoms with E-state index in [0.29, 0.717) is 5.88 Å². The van der Waals surface area contributed by atoms with Crippen LogP contribution in [-0.4, -0.2) is 27.3 Å². The number of benzene rings is 2. The molecule has 2 aromatic carbocycles. The van der Waals surface area contributed by atoms with Crippen molar-refractivity contribution in [2.45, 2.75) is 31.2 Å². The van der Waals surface area contributed by atoms with Crippen molar-refractivity contribution < 1.29 is 4.79 Å². The highest BCUT2D eigenvalue weighted by atomic mass is 35.5. The van der Waals surface area contributed by atoms with Crippen molar-refractivity contribution in [3.05, 3.63) is 65.5 Å². The lowest BCUT2D eigenvalue weighted by molar-refractivity contribution is 0.0606. The maximum Gasteiger partial charge on any atom is 0.254 e. The third-order valence-electron chi connectivity index (χ3n) is 5.12. The minimum absolute atomic E-state index is 0.0579. The number of likely N-dealkylation sites (tertiary alicyclic amines) is 1. The zero-order valence-electron chi connectivity index (χ0n) is 14.1. The number of alkyl halides is 1. The molecule has 1 aliphatic heterocycles. The number of carbonyl (C=O) groups excluding carboxylic acids is 1. The van der Waals surface area contributed by atoms with Crippen molar-refractivity contribution in [1.29, 1.82) is 0 Å². The number of nitrogens with zero attached hydrogens (tertiary/aromatic N) is 2. The lowest BCUT2D eigenvalue weighted by Gasteiger charge is -2.33. The molecule has 1 fully saturated rings. The second-order valence-corrected chi connectivity index (χ2v) is 7.04. The van der Waals surface area contributed by atoms with Gasteiger partial charge in [0.05, 0.1) is 16.6 Å². The highest BCUT2D eigenvalue weighted by Gasteiger charge is 2.43. The maximum atomic E-state index is 13.0. The van der Waals surface area contributed by atoms with Gasteiger partial charge in [0, 0.05) is 18.0 Å². The molecule has 4 rings (SSSR count). The number of H-pyrrole nitrogens is 1. The van der Waals surface area contributed by atoms with Crippen LogP contribution in [0.25, 0.3) is 11.0 Å². The summed E-state index contributed by atoms with van der Waals surface area (Å²) >= 11 is 5.93. The van der Waals surface area contributed by atoms with E-state index in [1.165, 1.54) is 0 Å². The highest BCUT2D eigenvalue weighted by molar-refractivity contribution is 6.17. The molecule has 1 atom stereocenters. The number of aromatic amines is 1. The van der Waals surface area contributed by atoms with Gasteiger partial charge >= 0.3 is 0 Å². The van der Waals surface area contributed by atoms with Gasteiger partial charge in [-0.15, -0.1) is 11.6 Å². The predicted octanol–water partition coefficient (Wildman–Crippen LogP) is 4.45. The van der Waals surface area contributed by atoms with Crippen LogP contribution in [0.2, 0.25) is 0 Å². The third-order valence-corrected chi connectivity index (χ3v) is 5.43. The molecule has 0 radical (unpaired) electrons. The van der Waals surface area contributed by atoms with Crippen LogP contribution in [0, 0.1) is 0 Å². The molecular formula is C20H20ClN3O. The van der Waals surface area contributed by atoms with Gasteiger partial charge in [-0.1, -0.05) is 24.3 Å². The van der Waals surface area contributed by atoms with Gasteiger partial charge in [-0.05, 0) is 49.6 Å². The summed E-state index contributed by atoms with van der Waals surface area (Å²) < 4.78 is 0. The molecule has 0 aliphatic carbocycles. The number of fused-ring (bicyclic) bond motifs is 1. The van der Waals surface area contributed by atoms with E-state index in [2.05, 4.69) is 11.9 Å². The largest absolute Gasteiger partial charge is 0.340 e. The van der Waals surface area contributed by atoms with E-state index in [0.717, 1.165) is 47.4 Å². The molecule has 3 aromatic rings. The normalized spacial score (nSPS) is 20.3. The van der Waals surface area contributed by atoms with Crippen molar-refractivity contribution in [2.75, 3.05) is 6.54 Å². The lowest BCUT2D eigenvalue weighted by atomic mass is 9.97. The lowest BCUT2D eigenvalue weighted by Crippen LogP contribution is -2.43. The number of hydrogen-bond acceptors (Lipinski definition) is 2. The minimum Gasteiger partial charge on any atom is -0.340 e. The Bertz CT molecular complexity index is 921. The van der Waals surface area contributed by atoms with Gasteiger partial charge in [0.25, 0.3) is 5.91 Å². The number of imidazole rings is 1. The zero-order valence-corrected chi connectivity index (χ0v) is 14.9. The molecular weight excluding hydrogens is 334 g/mol. The summed E-state index contributed by atoms with van der Waals surface area (Å²) in [4.78, 5) is 23.2. The summed E-state index contributed by atoms with van der Waals surface area (Å²) in [5.74, 6) is 1.37. The molecule has 25 heavy (non-hydrogen) atoms. The second-order valence-electron chi connectivity index (χ2n) is 6.77. The van der Waals surface area contributed by atoms with Crippen LogP contribution in [0.15, 0.2) is 48.5 Å². The first-order chi connectivity index (χ1) is 12.1. The van der Waals surface area contributed by atoms with E-state index in [4.69, 9.17) is 16.6 Å². The number of aromatic nitrogens is 2. The van der Waals surface area contributed by atoms with Gasteiger partial charge in [-0.3, -0.25) is 4.79 Å². The number of rotatable bonds is 3. The van der Waals surface area contributed by atoms with E-state index < -0.39 is 5.54 Å². The molecule has 0 bridgehead atoms. The van der Waals surface area contributed by atoms with Crippen molar-refractivity contribution in [3.8, 4) is 0 Å². The smallest absolute Gasteiger partial charge is 0.254 e. The Morgan fingerprint density at radius 1 is 1.28 bits per heavy atom. The van der Waals surface area contributed by atoms with E-state index in [1.807, 2.05) is 53.4 Å². The third kappa shape index (κ3) is 2.71. The molecule has 0 spiro atoms. The van der Waals surface area contributed by atoms with Gasteiger partial charge in [0.15, 0.2) is 0 Å². The molecule has 1 aromatic heterocycles. The fourth-order valence-electron chi connectivity index (χ4n) is 3.66. The van der Waals surface area contributed by atoms with Crippen molar-refractivity contribution >= 4 is 28.5 Å².